The van der Waals surface area contributed by atoms with Gasteiger partial charge in [0.2, 0.25) is 5.16 Å². The summed E-state index contributed by atoms with van der Waals surface area (Å²) in [5.74, 6) is -1.32. The Kier molecular flexibility index (Phi) is 3.95. The maximum Gasteiger partial charge on any atom is 0.313 e. The maximum absolute atomic E-state index is 13.8. The number of carboxylic acids is 1. The number of nitrogens with zero attached hydrogens (tertiary/aromatic N) is 4. The van der Waals surface area contributed by atoms with Crippen molar-refractivity contribution in [1.82, 2.24) is 20.2 Å². The third-order valence-corrected chi connectivity index (χ3v) is 3.05. The van der Waals surface area contributed by atoms with E-state index in [4.69, 9.17) is 9.84 Å². The van der Waals surface area contributed by atoms with Crippen molar-refractivity contribution < 1.29 is 19.0 Å². The lowest BCUT2D eigenvalue weighted by Gasteiger charge is -2.06. The normalized spacial score (nSPS) is 10.4. The topological polar surface area (TPSA) is 90.1 Å². The van der Waals surface area contributed by atoms with Crippen LogP contribution in [0.3, 0.4) is 0 Å². The van der Waals surface area contributed by atoms with E-state index in [1.807, 2.05) is 0 Å². The van der Waals surface area contributed by atoms with E-state index in [2.05, 4.69) is 15.5 Å². The van der Waals surface area contributed by atoms with Gasteiger partial charge in [0.05, 0.1) is 12.9 Å². The third-order valence-electron chi connectivity index (χ3n) is 2.15. The fourth-order valence-electron chi connectivity index (χ4n) is 1.33. The molecule has 0 bridgehead atoms. The highest BCUT2D eigenvalue weighted by Gasteiger charge is 2.15. The van der Waals surface area contributed by atoms with Crippen molar-refractivity contribution in [3.63, 3.8) is 0 Å². The van der Waals surface area contributed by atoms with Crippen LogP contribution in [0.4, 0.5) is 4.39 Å². The van der Waals surface area contributed by atoms with E-state index in [-0.39, 0.29) is 16.6 Å². The van der Waals surface area contributed by atoms with Crippen molar-refractivity contribution in [2.45, 2.75) is 5.16 Å². The minimum atomic E-state index is -1.01. The number of carboxylic acid groups (broad SMARTS) is 1. The van der Waals surface area contributed by atoms with E-state index in [1.54, 1.807) is 0 Å². The fraction of sp³-hybridized carbons (Fsp3) is 0.200. The molecule has 0 aliphatic carbocycles. The van der Waals surface area contributed by atoms with Gasteiger partial charge in [0.15, 0.2) is 0 Å². The number of carbonyl (C=O) groups is 1. The molecule has 0 atom stereocenters. The van der Waals surface area contributed by atoms with Gasteiger partial charge in [0.25, 0.3) is 0 Å². The minimum absolute atomic E-state index is 0.0947. The lowest BCUT2D eigenvalue weighted by Crippen LogP contribution is -2.05. The van der Waals surface area contributed by atoms with Gasteiger partial charge >= 0.3 is 5.97 Å². The van der Waals surface area contributed by atoms with Crippen LogP contribution >= 0.6 is 11.8 Å². The number of aromatic nitrogens is 4. The molecule has 0 saturated carbocycles. The summed E-state index contributed by atoms with van der Waals surface area (Å²) in [5, 5.41) is 19.5. The number of tetrazole rings is 1. The molecule has 1 N–H and O–H groups in total. The molecular weight excluding hydrogens is 275 g/mol. The molecule has 0 unspecified atom stereocenters. The third kappa shape index (κ3) is 2.99. The Morgan fingerprint density at radius 2 is 2.37 bits per heavy atom. The van der Waals surface area contributed by atoms with Crippen LogP contribution in [-0.2, 0) is 4.79 Å². The van der Waals surface area contributed by atoms with Crippen LogP contribution in [0.25, 0.3) is 5.69 Å². The molecule has 0 amide bonds. The summed E-state index contributed by atoms with van der Waals surface area (Å²) < 4.78 is 19.9. The zero-order valence-electron chi connectivity index (χ0n) is 9.78. The predicted octanol–water partition coefficient (Wildman–Crippen LogP) is 0.987. The summed E-state index contributed by atoms with van der Waals surface area (Å²) in [5.41, 5.74) is 0.0947. The van der Waals surface area contributed by atoms with Gasteiger partial charge in [0, 0.05) is 6.07 Å². The van der Waals surface area contributed by atoms with Crippen LogP contribution in [0.1, 0.15) is 0 Å². The number of methoxy groups -OCH3 is 1. The number of aliphatic carboxylic acids is 1. The fourth-order valence-corrected chi connectivity index (χ4v) is 1.93. The van der Waals surface area contributed by atoms with E-state index in [9.17, 15) is 9.18 Å². The van der Waals surface area contributed by atoms with Crippen molar-refractivity contribution in [2.24, 2.45) is 0 Å². The summed E-state index contributed by atoms with van der Waals surface area (Å²) in [6.45, 7) is 0. The van der Waals surface area contributed by atoms with Gasteiger partial charge in [0.1, 0.15) is 17.3 Å². The molecule has 100 valence electrons. The number of halogens is 1. The molecule has 0 spiro atoms. The molecule has 0 aliphatic rings. The second-order valence-electron chi connectivity index (χ2n) is 3.37. The lowest BCUT2D eigenvalue weighted by atomic mass is 10.3. The monoisotopic (exact) mass is 284 g/mol. The highest BCUT2D eigenvalue weighted by Crippen LogP contribution is 2.23. The highest BCUT2D eigenvalue weighted by molar-refractivity contribution is 7.99. The molecule has 2 rings (SSSR count). The Morgan fingerprint density at radius 3 is 3.05 bits per heavy atom. The molecule has 0 aliphatic heterocycles. The van der Waals surface area contributed by atoms with E-state index < -0.39 is 11.8 Å². The van der Waals surface area contributed by atoms with Gasteiger partial charge in [-0.3, -0.25) is 4.79 Å². The SMILES string of the molecule is COc1ccc(F)c(-n2nnnc2SCC(=O)O)c1. The summed E-state index contributed by atoms with van der Waals surface area (Å²) in [7, 11) is 1.46. The average molecular weight is 284 g/mol. The molecular formula is C10H9FN4O3S. The summed E-state index contributed by atoms with van der Waals surface area (Å²) in [4.78, 5) is 10.5. The van der Waals surface area contributed by atoms with Crippen LogP contribution in [-0.4, -0.2) is 44.1 Å². The van der Waals surface area contributed by atoms with Gasteiger partial charge in [-0.05, 0) is 22.6 Å². The van der Waals surface area contributed by atoms with Gasteiger partial charge in [-0.15, -0.1) is 5.10 Å². The van der Waals surface area contributed by atoms with Gasteiger partial charge in [-0.2, -0.15) is 4.68 Å². The van der Waals surface area contributed by atoms with Crippen LogP contribution in [0.15, 0.2) is 23.4 Å². The van der Waals surface area contributed by atoms with Crippen LogP contribution in [0, 0.1) is 5.82 Å². The quantitative estimate of drug-likeness (QED) is 0.818. The smallest absolute Gasteiger partial charge is 0.313 e. The maximum atomic E-state index is 13.8. The molecule has 0 fully saturated rings. The van der Waals surface area contributed by atoms with Crippen molar-refractivity contribution in [2.75, 3.05) is 12.9 Å². The molecule has 1 heterocycles. The standard InChI is InChI=1S/C10H9FN4O3S/c1-18-6-2-3-7(11)8(4-6)15-10(12-13-14-15)19-5-9(16)17/h2-4H,5H2,1H3,(H,16,17). The number of hydrogen-bond donors (Lipinski definition) is 1. The van der Waals surface area contributed by atoms with Gasteiger partial charge in [-0.25, -0.2) is 4.39 Å². The first kappa shape index (κ1) is 13.3. The van der Waals surface area contributed by atoms with Crippen molar-refractivity contribution >= 4 is 17.7 Å². The molecule has 0 radical (unpaired) electrons. The molecule has 2 aromatic rings. The number of rotatable bonds is 5. The first-order valence-corrected chi connectivity index (χ1v) is 6.07. The first-order chi connectivity index (χ1) is 9.11. The summed E-state index contributed by atoms with van der Waals surface area (Å²) in [6.07, 6.45) is 0. The Labute approximate surface area is 111 Å². The van der Waals surface area contributed by atoms with Crippen molar-refractivity contribution in [3.05, 3.63) is 24.0 Å². The second-order valence-corrected chi connectivity index (χ2v) is 4.32. The number of ether oxygens (including phenoxy) is 1. The lowest BCUT2D eigenvalue weighted by molar-refractivity contribution is -0.133. The minimum Gasteiger partial charge on any atom is -0.497 e. The number of thioether (sulfide) groups is 1. The first-order valence-electron chi connectivity index (χ1n) is 5.08. The molecule has 1 aromatic heterocycles. The van der Waals surface area contributed by atoms with E-state index in [0.717, 1.165) is 16.4 Å². The zero-order valence-corrected chi connectivity index (χ0v) is 10.6. The predicted molar refractivity (Wildman–Crippen MR) is 64.0 cm³/mol. The Balaban J connectivity index is 2.36. The Hall–Kier alpha value is -2.16. The Morgan fingerprint density at radius 1 is 1.58 bits per heavy atom. The zero-order chi connectivity index (χ0) is 13.8. The summed E-state index contributed by atoms with van der Waals surface area (Å²) >= 11 is 0.899. The summed E-state index contributed by atoms with van der Waals surface area (Å²) in [6, 6.07) is 4.12. The molecule has 7 nitrogen and oxygen atoms in total. The van der Waals surface area contributed by atoms with Crippen molar-refractivity contribution in [1.29, 1.82) is 0 Å². The second kappa shape index (κ2) is 5.65. The van der Waals surface area contributed by atoms with Gasteiger partial charge in [-0.1, -0.05) is 11.8 Å². The van der Waals surface area contributed by atoms with Crippen molar-refractivity contribution in [3.8, 4) is 11.4 Å². The van der Waals surface area contributed by atoms with E-state index in [0.29, 0.717) is 5.75 Å². The molecule has 0 saturated heterocycles. The van der Waals surface area contributed by atoms with Crippen LogP contribution in [0.2, 0.25) is 0 Å². The van der Waals surface area contributed by atoms with Crippen LogP contribution in [0.5, 0.6) is 5.75 Å². The molecule has 9 heteroatoms. The average Bonchev–Trinajstić information content (AvgIpc) is 2.85. The molecule has 1 aromatic carbocycles. The number of hydrogen-bond acceptors (Lipinski definition) is 6. The van der Waals surface area contributed by atoms with E-state index in [1.165, 1.54) is 25.3 Å². The number of benzene rings is 1. The molecule has 19 heavy (non-hydrogen) atoms. The Bertz CT molecular complexity index is 604. The largest absolute Gasteiger partial charge is 0.497 e. The van der Waals surface area contributed by atoms with Crippen LogP contribution < -0.4 is 4.74 Å². The highest BCUT2D eigenvalue weighted by atomic mass is 32.2. The van der Waals surface area contributed by atoms with E-state index >= 15 is 0 Å². The van der Waals surface area contributed by atoms with Gasteiger partial charge < -0.3 is 9.84 Å².